The third-order valence-corrected chi connectivity index (χ3v) is 4.62. The lowest BCUT2D eigenvalue weighted by Gasteiger charge is -2.14. The van der Waals surface area contributed by atoms with Crippen molar-refractivity contribution >= 4 is 11.8 Å². The van der Waals surface area contributed by atoms with Crippen LogP contribution < -0.4 is 5.32 Å². The van der Waals surface area contributed by atoms with Gasteiger partial charge in [0.1, 0.15) is 5.82 Å². The Morgan fingerprint density at radius 3 is 2.33 bits per heavy atom. The first-order chi connectivity index (χ1) is 12.8. The lowest BCUT2D eigenvalue weighted by molar-refractivity contribution is 0.0827. The number of aryl methyl sites for hydroxylation is 1. The van der Waals surface area contributed by atoms with Crippen molar-refractivity contribution in [3.8, 4) is 0 Å². The zero-order valence-corrected chi connectivity index (χ0v) is 16.4. The molecule has 0 bridgehead atoms. The molecule has 0 aromatic heterocycles. The van der Waals surface area contributed by atoms with Gasteiger partial charge in [-0.25, -0.2) is 4.39 Å². The number of rotatable bonds is 7. The molecule has 0 aliphatic heterocycles. The minimum Gasteiger partial charge on any atom is -0.352 e. The fourth-order valence-electron chi connectivity index (χ4n) is 2.87. The average Bonchev–Trinajstić information content (AvgIpc) is 2.66. The van der Waals surface area contributed by atoms with Crippen LogP contribution in [0.1, 0.15) is 58.0 Å². The molecule has 0 aliphatic carbocycles. The molecule has 0 saturated heterocycles. The summed E-state index contributed by atoms with van der Waals surface area (Å²) in [6.45, 7) is 4.50. The van der Waals surface area contributed by atoms with Crippen molar-refractivity contribution in [2.75, 3.05) is 20.6 Å². The van der Waals surface area contributed by atoms with Gasteiger partial charge < -0.3 is 10.2 Å². The Morgan fingerprint density at radius 1 is 1.07 bits per heavy atom. The summed E-state index contributed by atoms with van der Waals surface area (Å²) >= 11 is 0. The fraction of sp³-hybridized carbons (Fsp3) is 0.364. The van der Waals surface area contributed by atoms with Crippen LogP contribution in [-0.2, 0) is 6.42 Å². The van der Waals surface area contributed by atoms with Crippen LogP contribution in [0.5, 0.6) is 0 Å². The second-order valence-corrected chi connectivity index (χ2v) is 6.97. The number of halogens is 1. The van der Waals surface area contributed by atoms with E-state index in [1.165, 1.54) is 12.1 Å². The Balaban J connectivity index is 1.90. The Kier molecular flexibility index (Phi) is 7.11. The van der Waals surface area contributed by atoms with E-state index < -0.39 is 0 Å². The molecular weight excluding hydrogens is 343 g/mol. The Labute approximate surface area is 160 Å². The summed E-state index contributed by atoms with van der Waals surface area (Å²) < 4.78 is 13.6. The highest BCUT2D eigenvalue weighted by Gasteiger charge is 2.12. The molecule has 1 unspecified atom stereocenters. The largest absolute Gasteiger partial charge is 0.352 e. The van der Waals surface area contributed by atoms with Gasteiger partial charge in [-0.2, -0.15) is 0 Å². The van der Waals surface area contributed by atoms with Gasteiger partial charge in [-0.15, -0.1) is 0 Å². The standard InChI is InChI=1S/C22H27FN2O2/c1-5-16-12-19(14-20(23)13-16)21(26)24-11-10-15(2)17-6-8-18(9-7-17)22(27)25(3)4/h6-9,12-15H,5,10-11H2,1-4H3,(H,24,26). The molecule has 2 amide bonds. The normalized spacial score (nSPS) is 11.7. The van der Waals surface area contributed by atoms with Crippen molar-refractivity contribution in [1.82, 2.24) is 10.2 Å². The van der Waals surface area contributed by atoms with Gasteiger partial charge in [0, 0.05) is 31.8 Å². The summed E-state index contributed by atoms with van der Waals surface area (Å²) in [4.78, 5) is 25.7. The zero-order chi connectivity index (χ0) is 20.0. The van der Waals surface area contributed by atoms with Gasteiger partial charge in [0.25, 0.3) is 11.8 Å². The number of benzene rings is 2. The lowest BCUT2D eigenvalue weighted by atomic mass is 9.96. The van der Waals surface area contributed by atoms with Crippen molar-refractivity contribution in [2.24, 2.45) is 0 Å². The molecule has 1 atom stereocenters. The first-order valence-corrected chi connectivity index (χ1v) is 9.21. The van der Waals surface area contributed by atoms with E-state index in [0.29, 0.717) is 24.1 Å². The molecule has 2 rings (SSSR count). The van der Waals surface area contributed by atoms with Crippen LogP contribution in [0.2, 0.25) is 0 Å². The summed E-state index contributed by atoms with van der Waals surface area (Å²) in [6, 6.07) is 12.0. The first-order valence-electron chi connectivity index (χ1n) is 9.21. The molecule has 5 heteroatoms. The summed E-state index contributed by atoms with van der Waals surface area (Å²) in [6.07, 6.45) is 1.43. The zero-order valence-electron chi connectivity index (χ0n) is 16.4. The summed E-state index contributed by atoms with van der Waals surface area (Å²) in [7, 11) is 3.45. The summed E-state index contributed by atoms with van der Waals surface area (Å²) in [5.74, 6) is -0.445. The smallest absolute Gasteiger partial charge is 0.253 e. The number of carbonyl (C=O) groups excluding carboxylic acids is 2. The minimum absolute atomic E-state index is 0.0250. The van der Waals surface area contributed by atoms with Gasteiger partial charge in [-0.1, -0.05) is 26.0 Å². The average molecular weight is 370 g/mol. The topological polar surface area (TPSA) is 49.4 Å². The van der Waals surface area contributed by atoms with Crippen molar-refractivity contribution in [2.45, 2.75) is 32.6 Å². The highest BCUT2D eigenvalue weighted by Crippen LogP contribution is 2.19. The van der Waals surface area contributed by atoms with Gasteiger partial charge in [-0.05, 0) is 60.2 Å². The summed E-state index contributed by atoms with van der Waals surface area (Å²) in [5, 5.41) is 2.86. The van der Waals surface area contributed by atoms with Crippen LogP contribution in [0.3, 0.4) is 0 Å². The molecule has 0 spiro atoms. The SMILES string of the molecule is CCc1cc(F)cc(C(=O)NCCC(C)c2ccc(C(=O)N(C)C)cc2)c1. The molecule has 4 nitrogen and oxygen atoms in total. The second-order valence-electron chi connectivity index (χ2n) is 6.97. The monoisotopic (exact) mass is 370 g/mol. The van der Waals surface area contributed by atoms with Gasteiger partial charge in [0.05, 0.1) is 0 Å². The molecular formula is C22H27FN2O2. The van der Waals surface area contributed by atoms with Crippen molar-refractivity contribution in [3.63, 3.8) is 0 Å². The number of hydrogen-bond donors (Lipinski definition) is 1. The number of nitrogens with one attached hydrogen (secondary N) is 1. The molecule has 0 heterocycles. The van der Waals surface area contributed by atoms with E-state index in [2.05, 4.69) is 12.2 Å². The third-order valence-electron chi connectivity index (χ3n) is 4.62. The van der Waals surface area contributed by atoms with Crippen LogP contribution in [0, 0.1) is 5.82 Å². The van der Waals surface area contributed by atoms with Crippen molar-refractivity contribution < 1.29 is 14.0 Å². The molecule has 0 saturated carbocycles. The van der Waals surface area contributed by atoms with Crippen molar-refractivity contribution in [3.05, 3.63) is 70.5 Å². The maximum absolute atomic E-state index is 13.6. The predicted molar refractivity (Wildman–Crippen MR) is 106 cm³/mol. The quantitative estimate of drug-likeness (QED) is 0.800. The van der Waals surface area contributed by atoms with Crippen LogP contribution >= 0.6 is 0 Å². The summed E-state index contributed by atoms with van der Waals surface area (Å²) in [5.41, 5.74) is 2.92. The maximum atomic E-state index is 13.6. The lowest BCUT2D eigenvalue weighted by Crippen LogP contribution is -2.25. The molecule has 1 N–H and O–H groups in total. The highest BCUT2D eigenvalue weighted by molar-refractivity contribution is 5.94. The number of amides is 2. The molecule has 27 heavy (non-hydrogen) atoms. The molecule has 144 valence electrons. The number of hydrogen-bond acceptors (Lipinski definition) is 2. The van der Waals surface area contributed by atoms with E-state index in [1.807, 2.05) is 31.2 Å². The Hall–Kier alpha value is -2.69. The predicted octanol–water partition coefficient (Wildman–Crippen LogP) is 4.01. The van der Waals surface area contributed by atoms with Crippen LogP contribution in [-0.4, -0.2) is 37.4 Å². The van der Waals surface area contributed by atoms with E-state index in [4.69, 9.17) is 0 Å². The number of nitrogens with zero attached hydrogens (tertiary/aromatic N) is 1. The number of carbonyl (C=O) groups is 2. The van der Waals surface area contributed by atoms with E-state index >= 15 is 0 Å². The fourth-order valence-corrected chi connectivity index (χ4v) is 2.87. The van der Waals surface area contributed by atoms with E-state index in [0.717, 1.165) is 17.5 Å². The Bertz CT molecular complexity index is 800. The van der Waals surface area contributed by atoms with Gasteiger partial charge in [0.2, 0.25) is 0 Å². The first kappa shape index (κ1) is 20.6. The Morgan fingerprint density at radius 2 is 1.74 bits per heavy atom. The third kappa shape index (κ3) is 5.64. The van der Waals surface area contributed by atoms with Gasteiger partial charge >= 0.3 is 0 Å². The van der Waals surface area contributed by atoms with Crippen LogP contribution in [0.25, 0.3) is 0 Å². The van der Waals surface area contributed by atoms with Crippen LogP contribution in [0.15, 0.2) is 42.5 Å². The molecule has 0 aliphatic rings. The molecule has 2 aromatic rings. The highest BCUT2D eigenvalue weighted by atomic mass is 19.1. The minimum atomic E-state index is -0.389. The van der Waals surface area contributed by atoms with E-state index in [9.17, 15) is 14.0 Å². The maximum Gasteiger partial charge on any atom is 0.253 e. The van der Waals surface area contributed by atoms with Gasteiger partial charge in [-0.3, -0.25) is 9.59 Å². The van der Waals surface area contributed by atoms with Gasteiger partial charge in [0.15, 0.2) is 0 Å². The van der Waals surface area contributed by atoms with Crippen molar-refractivity contribution in [1.29, 1.82) is 0 Å². The second kappa shape index (κ2) is 9.31. The molecule has 2 aromatic carbocycles. The van der Waals surface area contributed by atoms with E-state index in [1.54, 1.807) is 25.1 Å². The van der Waals surface area contributed by atoms with Crippen LogP contribution in [0.4, 0.5) is 4.39 Å². The molecule has 0 fully saturated rings. The van der Waals surface area contributed by atoms with E-state index in [-0.39, 0.29) is 23.5 Å². The molecule has 0 radical (unpaired) electrons.